The van der Waals surface area contributed by atoms with Crippen molar-refractivity contribution in [3.05, 3.63) is 124 Å². The molecular weight excluding hydrogens is 446 g/mol. The first kappa shape index (κ1) is 22.7. The highest BCUT2D eigenvalue weighted by Crippen LogP contribution is 2.45. The number of ketones is 1. The SMILES string of the molecule is CC1=C(C(=O)Nc2ccc(F)cc2F)C(c2ccccc2)C2=C(CC(c3ccccc3)CC2=O)N1. The van der Waals surface area contributed by atoms with Gasteiger partial charge in [-0.1, -0.05) is 60.7 Å². The second kappa shape index (κ2) is 9.29. The molecule has 2 aliphatic rings. The summed E-state index contributed by atoms with van der Waals surface area (Å²) < 4.78 is 27.6. The quantitative estimate of drug-likeness (QED) is 0.494. The van der Waals surface area contributed by atoms with Crippen molar-refractivity contribution < 1.29 is 18.4 Å². The van der Waals surface area contributed by atoms with Gasteiger partial charge in [0.1, 0.15) is 11.6 Å². The fraction of sp³-hybridized carbons (Fsp3) is 0.172. The van der Waals surface area contributed by atoms with E-state index in [4.69, 9.17) is 0 Å². The Morgan fingerprint density at radius 2 is 1.57 bits per heavy atom. The number of halogens is 2. The van der Waals surface area contributed by atoms with Crippen LogP contribution in [-0.4, -0.2) is 11.7 Å². The molecule has 5 rings (SSSR count). The van der Waals surface area contributed by atoms with Crippen LogP contribution in [0.2, 0.25) is 0 Å². The monoisotopic (exact) mass is 470 g/mol. The van der Waals surface area contributed by atoms with Gasteiger partial charge in [0.05, 0.1) is 5.69 Å². The van der Waals surface area contributed by atoms with Crippen LogP contribution in [0.15, 0.2) is 101 Å². The van der Waals surface area contributed by atoms with Gasteiger partial charge in [-0.25, -0.2) is 8.78 Å². The Hall–Kier alpha value is -4.06. The number of hydrogen-bond acceptors (Lipinski definition) is 3. The van der Waals surface area contributed by atoms with Gasteiger partial charge in [0, 0.05) is 40.9 Å². The first-order valence-corrected chi connectivity index (χ1v) is 11.5. The highest BCUT2D eigenvalue weighted by Gasteiger charge is 2.40. The number of anilines is 1. The van der Waals surface area contributed by atoms with Crippen LogP contribution in [-0.2, 0) is 9.59 Å². The Balaban J connectivity index is 1.55. The molecule has 6 heteroatoms. The Morgan fingerprint density at radius 1 is 0.914 bits per heavy atom. The van der Waals surface area contributed by atoms with Gasteiger partial charge in [-0.2, -0.15) is 0 Å². The lowest BCUT2D eigenvalue weighted by molar-refractivity contribution is -0.116. The zero-order valence-electron chi connectivity index (χ0n) is 19.1. The molecule has 0 aromatic heterocycles. The molecular formula is C29H24F2N2O2. The number of nitrogens with one attached hydrogen (secondary N) is 2. The normalized spacial score (nSPS) is 19.8. The second-order valence-corrected chi connectivity index (χ2v) is 8.92. The minimum absolute atomic E-state index is 0.0211. The first-order valence-electron chi connectivity index (χ1n) is 11.5. The maximum Gasteiger partial charge on any atom is 0.254 e. The number of carbonyl (C=O) groups excluding carboxylic acids is 2. The van der Waals surface area contributed by atoms with Crippen LogP contribution in [0.1, 0.15) is 42.7 Å². The lowest BCUT2D eigenvalue weighted by Gasteiger charge is -2.37. The molecule has 0 saturated heterocycles. The molecule has 2 atom stereocenters. The lowest BCUT2D eigenvalue weighted by atomic mass is 9.71. The molecule has 176 valence electrons. The maximum atomic E-state index is 14.3. The summed E-state index contributed by atoms with van der Waals surface area (Å²) in [5.74, 6) is -2.71. The zero-order chi connectivity index (χ0) is 24.5. The lowest BCUT2D eigenvalue weighted by Crippen LogP contribution is -2.37. The van der Waals surface area contributed by atoms with Gasteiger partial charge in [0.25, 0.3) is 5.91 Å². The van der Waals surface area contributed by atoms with Crippen LogP contribution in [0.25, 0.3) is 0 Å². The molecule has 1 aliphatic heterocycles. The van der Waals surface area contributed by atoms with E-state index < -0.39 is 23.5 Å². The smallest absolute Gasteiger partial charge is 0.254 e. The predicted molar refractivity (Wildman–Crippen MR) is 130 cm³/mol. The highest BCUT2D eigenvalue weighted by atomic mass is 19.1. The third-order valence-electron chi connectivity index (χ3n) is 6.66. The summed E-state index contributed by atoms with van der Waals surface area (Å²) in [6.07, 6.45) is 0.988. The van der Waals surface area contributed by atoms with Crippen molar-refractivity contribution in [3.8, 4) is 0 Å². The van der Waals surface area contributed by atoms with Gasteiger partial charge in [0.15, 0.2) is 5.78 Å². The molecule has 3 aromatic rings. The van der Waals surface area contributed by atoms with Crippen molar-refractivity contribution in [3.63, 3.8) is 0 Å². The summed E-state index contributed by atoms with van der Waals surface area (Å²) in [6.45, 7) is 1.78. The minimum Gasteiger partial charge on any atom is -0.362 e. The fourth-order valence-electron chi connectivity index (χ4n) is 5.06. The van der Waals surface area contributed by atoms with E-state index in [-0.39, 0.29) is 17.4 Å². The van der Waals surface area contributed by atoms with Crippen molar-refractivity contribution in [1.82, 2.24) is 5.32 Å². The van der Waals surface area contributed by atoms with Gasteiger partial charge < -0.3 is 10.6 Å². The Labute approximate surface area is 202 Å². The van der Waals surface area contributed by atoms with Crippen LogP contribution < -0.4 is 10.6 Å². The first-order chi connectivity index (χ1) is 16.9. The summed E-state index contributed by atoms with van der Waals surface area (Å²) in [5.41, 5.74) is 4.09. The molecule has 1 aliphatic carbocycles. The second-order valence-electron chi connectivity index (χ2n) is 8.92. The molecule has 35 heavy (non-hydrogen) atoms. The van der Waals surface area contributed by atoms with Crippen LogP contribution in [0.4, 0.5) is 14.5 Å². The molecule has 1 heterocycles. The summed E-state index contributed by atoms with van der Waals surface area (Å²) in [6, 6.07) is 22.3. The molecule has 2 unspecified atom stereocenters. The molecule has 0 spiro atoms. The van der Waals surface area contributed by atoms with Gasteiger partial charge in [-0.3, -0.25) is 9.59 Å². The minimum atomic E-state index is -0.865. The van der Waals surface area contributed by atoms with E-state index in [1.165, 1.54) is 6.07 Å². The largest absolute Gasteiger partial charge is 0.362 e. The summed E-state index contributed by atoms with van der Waals surface area (Å²) in [7, 11) is 0. The Kier molecular flexibility index (Phi) is 6.03. The number of carbonyl (C=O) groups is 2. The number of hydrogen-bond donors (Lipinski definition) is 2. The van der Waals surface area contributed by atoms with Crippen molar-refractivity contribution >= 4 is 17.4 Å². The number of rotatable bonds is 4. The molecule has 2 N–H and O–H groups in total. The number of benzene rings is 3. The van der Waals surface area contributed by atoms with E-state index in [2.05, 4.69) is 10.6 Å². The van der Waals surface area contributed by atoms with Crippen molar-refractivity contribution in [2.24, 2.45) is 0 Å². The molecule has 3 aromatic carbocycles. The van der Waals surface area contributed by atoms with Crippen LogP contribution in [0.3, 0.4) is 0 Å². The average molecular weight is 471 g/mol. The van der Waals surface area contributed by atoms with Crippen LogP contribution in [0.5, 0.6) is 0 Å². The summed E-state index contributed by atoms with van der Waals surface area (Å²) in [4.78, 5) is 27.0. The van der Waals surface area contributed by atoms with Gasteiger partial charge >= 0.3 is 0 Å². The van der Waals surface area contributed by atoms with Gasteiger partial charge in [0.2, 0.25) is 0 Å². The molecule has 1 amide bonds. The van der Waals surface area contributed by atoms with Crippen LogP contribution >= 0.6 is 0 Å². The topological polar surface area (TPSA) is 58.2 Å². The van der Waals surface area contributed by atoms with Crippen molar-refractivity contribution in [2.75, 3.05) is 5.32 Å². The van der Waals surface area contributed by atoms with E-state index >= 15 is 0 Å². The maximum absolute atomic E-state index is 14.3. The van der Waals surface area contributed by atoms with Crippen LogP contribution in [0, 0.1) is 11.6 Å². The zero-order valence-corrected chi connectivity index (χ0v) is 19.1. The standard InChI is InChI=1S/C29H24F2N2O2/c1-17-26(29(35)33-23-13-12-21(30)16-22(23)31)27(19-10-6-3-7-11-19)28-24(32-17)14-20(15-25(28)34)18-8-4-2-5-9-18/h2-13,16,20,27,32H,14-15H2,1H3,(H,33,35). The molecule has 0 bridgehead atoms. The third kappa shape index (κ3) is 4.39. The number of Topliss-reactive ketones (excluding diaryl/α,β-unsaturated/α-hetero) is 1. The van der Waals surface area contributed by atoms with Gasteiger partial charge in [-0.05, 0) is 42.5 Å². The van der Waals surface area contributed by atoms with E-state index in [0.29, 0.717) is 29.7 Å². The highest BCUT2D eigenvalue weighted by molar-refractivity contribution is 6.10. The molecule has 0 saturated carbocycles. The number of allylic oxidation sites excluding steroid dienone is 3. The average Bonchev–Trinajstić information content (AvgIpc) is 2.85. The molecule has 0 radical (unpaired) electrons. The van der Waals surface area contributed by atoms with E-state index in [1.807, 2.05) is 60.7 Å². The Morgan fingerprint density at radius 3 is 2.23 bits per heavy atom. The molecule has 4 nitrogen and oxygen atoms in total. The number of amides is 1. The van der Waals surface area contributed by atoms with E-state index in [1.54, 1.807) is 6.92 Å². The van der Waals surface area contributed by atoms with Gasteiger partial charge in [-0.15, -0.1) is 0 Å². The van der Waals surface area contributed by atoms with E-state index in [0.717, 1.165) is 29.0 Å². The van der Waals surface area contributed by atoms with Crippen molar-refractivity contribution in [2.45, 2.75) is 31.6 Å². The summed E-state index contributed by atoms with van der Waals surface area (Å²) >= 11 is 0. The Bertz CT molecular complexity index is 1360. The van der Waals surface area contributed by atoms with E-state index in [9.17, 15) is 18.4 Å². The summed E-state index contributed by atoms with van der Waals surface area (Å²) in [5, 5.41) is 5.88. The third-order valence-corrected chi connectivity index (χ3v) is 6.66. The number of dihydropyridines is 1. The fourth-order valence-corrected chi connectivity index (χ4v) is 5.06. The van der Waals surface area contributed by atoms with Crippen molar-refractivity contribution in [1.29, 1.82) is 0 Å². The molecule has 0 fully saturated rings. The predicted octanol–water partition coefficient (Wildman–Crippen LogP) is 5.97.